The maximum absolute atomic E-state index is 12.9. The molecule has 0 spiro atoms. The van der Waals surface area contributed by atoms with Crippen molar-refractivity contribution in [2.75, 3.05) is 55.0 Å². The van der Waals surface area contributed by atoms with Crippen molar-refractivity contribution in [3.63, 3.8) is 0 Å². The van der Waals surface area contributed by atoms with Crippen LogP contribution in [0.2, 0.25) is 0 Å². The first kappa shape index (κ1) is 29.1. The largest absolute Gasteiger partial charge is 0.379 e. The number of hydrogen-bond acceptors (Lipinski definition) is 9. The Labute approximate surface area is 277 Å². The van der Waals surface area contributed by atoms with Crippen LogP contribution in [0.3, 0.4) is 0 Å². The van der Waals surface area contributed by atoms with Crippen LogP contribution in [0.25, 0.3) is 16.6 Å². The molecule has 48 heavy (non-hydrogen) atoms. The molecule has 2 atom stereocenters. The number of nitrogens with zero attached hydrogens (tertiary/aromatic N) is 8. The topological polar surface area (TPSA) is 121 Å². The standard InChI is InChI=1S/C36H37N9O3/c1-21-7-8-37-34(39-21)28-15-27(28)30-16-31(43-9-11-48-12-10-43)26-6-5-24(14-29(26)41-30)38-17-25-19-44-18-23(22-3-4-22)13-32(35(44)40-25)45-20-33(46)42(2)36(45)47/h5-8,13-14,16,18-19,22,27-28,38H,3-4,9-12,15,17,20H2,1-2H3/t27-,28-/m0/s1. The number of likely N-dealkylation sites (N-methyl/N-ethyl adjacent to an activating group) is 1. The summed E-state index contributed by atoms with van der Waals surface area (Å²) in [5, 5.41) is 4.69. The van der Waals surface area contributed by atoms with Gasteiger partial charge in [0.25, 0.3) is 0 Å². The summed E-state index contributed by atoms with van der Waals surface area (Å²) in [5.41, 5.74) is 8.52. The Morgan fingerprint density at radius 2 is 1.81 bits per heavy atom. The molecule has 2 saturated carbocycles. The molecule has 2 saturated heterocycles. The first-order valence-electron chi connectivity index (χ1n) is 16.8. The Balaban J connectivity index is 1.02. The summed E-state index contributed by atoms with van der Waals surface area (Å²) in [6.07, 6.45) is 9.23. The first-order chi connectivity index (χ1) is 23.4. The number of pyridine rings is 2. The third-order valence-electron chi connectivity index (χ3n) is 10.1. The number of morpholine rings is 1. The van der Waals surface area contributed by atoms with Crippen molar-refractivity contribution in [1.29, 1.82) is 0 Å². The summed E-state index contributed by atoms with van der Waals surface area (Å²) in [5.74, 6) is 1.74. The van der Waals surface area contributed by atoms with Crippen LogP contribution in [0, 0.1) is 6.92 Å². The molecule has 9 rings (SSSR count). The molecule has 0 unspecified atom stereocenters. The molecular formula is C36H37N9O3. The van der Waals surface area contributed by atoms with E-state index in [1.54, 1.807) is 4.90 Å². The molecule has 1 aromatic carbocycles. The van der Waals surface area contributed by atoms with E-state index in [2.05, 4.69) is 45.7 Å². The lowest BCUT2D eigenvalue weighted by atomic mass is 10.1. The average molecular weight is 644 g/mol. The van der Waals surface area contributed by atoms with Gasteiger partial charge in [-0.1, -0.05) is 0 Å². The van der Waals surface area contributed by atoms with Crippen LogP contribution in [-0.2, 0) is 16.1 Å². The second-order valence-electron chi connectivity index (χ2n) is 13.5. The second-order valence-corrected chi connectivity index (χ2v) is 13.5. The highest BCUT2D eigenvalue weighted by Gasteiger charge is 2.43. The minimum atomic E-state index is -0.319. The molecule has 12 nitrogen and oxygen atoms in total. The van der Waals surface area contributed by atoms with E-state index in [0.29, 0.717) is 37.0 Å². The summed E-state index contributed by atoms with van der Waals surface area (Å²) in [6, 6.07) is 12.3. The van der Waals surface area contributed by atoms with Crippen LogP contribution in [0.1, 0.15) is 65.5 Å². The van der Waals surface area contributed by atoms with Gasteiger partial charge in [-0.05, 0) is 74.1 Å². The molecule has 2 aliphatic carbocycles. The molecule has 1 N–H and O–H groups in total. The average Bonchev–Trinajstić information content (AvgIpc) is 4.04. The predicted molar refractivity (Wildman–Crippen MR) is 182 cm³/mol. The number of ether oxygens (including phenoxy) is 1. The number of urea groups is 1. The van der Waals surface area contributed by atoms with E-state index in [-0.39, 0.29) is 30.3 Å². The Hall–Kier alpha value is -5.10. The van der Waals surface area contributed by atoms with Crippen LogP contribution in [-0.4, -0.2) is 81.1 Å². The quantitative estimate of drug-likeness (QED) is 0.234. The van der Waals surface area contributed by atoms with E-state index in [1.807, 2.05) is 35.9 Å². The van der Waals surface area contributed by atoms with Gasteiger partial charge in [-0.25, -0.2) is 19.7 Å². The Kier molecular flexibility index (Phi) is 6.82. The zero-order valence-electron chi connectivity index (χ0n) is 27.1. The van der Waals surface area contributed by atoms with Crippen molar-refractivity contribution < 1.29 is 14.3 Å². The number of fused-ring (bicyclic) bond motifs is 2. The lowest BCUT2D eigenvalue weighted by molar-refractivity contribution is -0.123. The van der Waals surface area contributed by atoms with E-state index >= 15 is 0 Å². The number of rotatable bonds is 8. The van der Waals surface area contributed by atoms with E-state index in [1.165, 1.54) is 23.2 Å². The molecule has 12 heteroatoms. The van der Waals surface area contributed by atoms with Gasteiger partial charge in [0.05, 0.1) is 36.7 Å². The molecule has 0 bridgehead atoms. The number of aromatic nitrogens is 5. The number of amides is 3. The summed E-state index contributed by atoms with van der Waals surface area (Å²) in [6.45, 7) is 5.64. The number of anilines is 3. The molecule has 6 heterocycles. The van der Waals surface area contributed by atoms with Gasteiger partial charge < -0.3 is 19.4 Å². The molecule has 4 fully saturated rings. The maximum Gasteiger partial charge on any atom is 0.331 e. The van der Waals surface area contributed by atoms with E-state index in [0.717, 1.165) is 71.8 Å². The fourth-order valence-electron chi connectivity index (χ4n) is 7.10. The summed E-state index contributed by atoms with van der Waals surface area (Å²) < 4.78 is 7.67. The summed E-state index contributed by atoms with van der Waals surface area (Å²) in [7, 11) is 1.53. The van der Waals surface area contributed by atoms with Gasteiger partial charge >= 0.3 is 6.03 Å². The van der Waals surface area contributed by atoms with Crippen molar-refractivity contribution in [3.05, 3.63) is 83.5 Å². The van der Waals surface area contributed by atoms with Gasteiger partial charge in [0, 0.05) is 78.7 Å². The highest BCUT2D eigenvalue weighted by Crippen LogP contribution is 2.54. The number of benzene rings is 1. The Morgan fingerprint density at radius 3 is 2.58 bits per heavy atom. The SMILES string of the molecule is Cc1ccnc([C@H]2C[C@@H]2c2cc(N3CCOCC3)c3ccc(NCc4cn5cc(C6CC6)cc(N6CC(=O)N(C)C6=O)c5n4)cc3n2)n1. The third-order valence-corrected chi connectivity index (χ3v) is 10.1. The predicted octanol–water partition coefficient (Wildman–Crippen LogP) is 4.98. The molecule has 5 aromatic rings. The highest BCUT2D eigenvalue weighted by atomic mass is 16.5. The van der Waals surface area contributed by atoms with Crippen LogP contribution in [0.5, 0.6) is 0 Å². The zero-order valence-corrected chi connectivity index (χ0v) is 27.1. The van der Waals surface area contributed by atoms with Gasteiger partial charge in [0.2, 0.25) is 5.91 Å². The van der Waals surface area contributed by atoms with Crippen LogP contribution < -0.4 is 15.1 Å². The molecule has 4 aromatic heterocycles. The van der Waals surface area contributed by atoms with Gasteiger partial charge in [-0.15, -0.1) is 0 Å². The van der Waals surface area contributed by atoms with Crippen molar-refractivity contribution in [2.45, 2.75) is 50.5 Å². The highest BCUT2D eigenvalue weighted by molar-refractivity contribution is 6.13. The minimum Gasteiger partial charge on any atom is -0.379 e. The molecule has 0 radical (unpaired) electrons. The minimum absolute atomic E-state index is 0.0255. The Morgan fingerprint density at radius 1 is 0.958 bits per heavy atom. The van der Waals surface area contributed by atoms with E-state index < -0.39 is 0 Å². The normalized spacial score (nSPS) is 21.2. The van der Waals surface area contributed by atoms with E-state index in [9.17, 15) is 9.59 Å². The van der Waals surface area contributed by atoms with Gasteiger partial charge in [0.15, 0.2) is 5.65 Å². The zero-order chi connectivity index (χ0) is 32.5. The fraction of sp³-hybridized carbons (Fsp3) is 0.389. The lowest BCUT2D eigenvalue weighted by Gasteiger charge is -2.30. The number of imidazole rings is 1. The third kappa shape index (κ3) is 5.20. The summed E-state index contributed by atoms with van der Waals surface area (Å²) >= 11 is 0. The number of nitrogens with one attached hydrogen (secondary N) is 1. The fourth-order valence-corrected chi connectivity index (χ4v) is 7.10. The number of carbonyl (C=O) groups excluding carboxylic acids is 2. The van der Waals surface area contributed by atoms with Crippen LogP contribution in [0.4, 0.5) is 21.9 Å². The van der Waals surface area contributed by atoms with Crippen molar-refractivity contribution in [2.24, 2.45) is 0 Å². The number of carbonyl (C=O) groups is 2. The monoisotopic (exact) mass is 643 g/mol. The number of hydrogen-bond donors (Lipinski definition) is 1. The first-order valence-corrected chi connectivity index (χ1v) is 16.8. The smallest absolute Gasteiger partial charge is 0.331 e. The number of aryl methyl sites for hydroxylation is 1. The number of imide groups is 1. The van der Waals surface area contributed by atoms with Gasteiger partial charge in [-0.3, -0.25) is 19.6 Å². The van der Waals surface area contributed by atoms with Crippen molar-refractivity contribution in [1.82, 2.24) is 29.2 Å². The molecule has 2 aliphatic heterocycles. The molecule has 244 valence electrons. The Bertz CT molecular complexity index is 2100. The van der Waals surface area contributed by atoms with Gasteiger partial charge in [-0.2, -0.15) is 0 Å². The van der Waals surface area contributed by atoms with E-state index in [4.69, 9.17) is 19.7 Å². The molecule has 3 amide bonds. The van der Waals surface area contributed by atoms with Gasteiger partial charge in [0.1, 0.15) is 12.4 Å². The second kappa shape index (κ2) is 11.3. The lowest BCUT2D eigenvalue weighted by Crippen LogP contribution is -2.36. The van der Waals surface area contributed by atoms with Crippen molar-refractivity contribution >= 4 is 45.6 Å². The van der Waals surface area contributed by atoms with Crippen LogP contribution >= 0.6 is 0 Å². The molecular weight excluding hydrogens is 606 g/mol. The maximum atomic E-state index is 12.9. The summed E-state index contributed by atoms with van der Waals surface area (Å²) in [4.78, 5) is 49.8. The molecule has 4 aliphatic rings. The van der Waals surface area contributed by atoms with Crippen LogP contribution in [0.15, 0.2) is 55.0 Å². The van der Waals surface area contributed by atoms with Crippen molar-refractivity contribution in [3.8, 4) is 0 Å².